The van der Waals surface area contributed by atoms with Gasteiger partial charge in [-0.3, -0.25) is 9.48 Å². The number of anilines is 1. The van der Waals surface area contributed by atoms with Crippen LogP contribution < -0.4 is 4.90 Å². The van der Waals surface area contributed by atoms with E-state index in [0.717, 1.165) is 18.5 Å². The van der Waals surface area contributed by atoms with Gasteiger partial charge in [0.25, 0.3) is 0 Å². The van der Waals surface area contributed by atoms with Crippen LogP contribution >= 0.6 is 11.3 Å². The van der Waals surface area contributed by atoms with Gasteiger partial charge >= 0.3 is 0 Å². The molecule has 2 aliphatic heterocycles. The Morgan fingerprint density at radius 3 is 3.04 bits per heavy atom. The Morgan fingerprint density at radius 2 is 2.15 bits per heavy atom. The summed E-state index contributed by atoms with van der Waals surface area (Å²) in [5, 5.41) is 6.50. The number of fused-ring (bicyclic) bond motifs is 2. The normalized spacial score (nSPS) is 21.6. The molecule has 1 aromatic carbocycles. The molecule has 0 aliphatic carbocycles. The van der Waals surface area contributed by atoms with E-state index >= 15 is 0 Å². The van der Waals surface area contributed by atoms with Crippen molar-refractivity contribution in [2.45, 2.75) is 31.4 Å². The number of aromatic nitrogens is 2. The molecule has 0 saturated carbocycles. The third-order valence-electron chi connectivity index (χ3n) is 5.45. The van der Waals surface area contributed by atoms with Crippen LogP contribution in [0.25, 0.3) is 0 Å². The van der Waals surface area contributed by atoms with Gasteiger partial charge in [0.15, 0.2) is 0 Å². The fourth-order valence-corrected chi connectivity index (χ4v) is 5.13. The van der Waals surface area contributed by atoms with Crippen LogP contribution in [0.2, 0.25) is 0 Å². The summed E-state index contributed by atoms with van der Waals surface area (Å²) >= 11 is 1.70. The van der Waals surface area contributed by atoms with Crippen LogP contribution in [0, 0.1) is 0 Å². The highest BCUT2D eigenvalue weighted by atomic mass is 32.1. The number of carbonyl (C=O) groups is 1. The number of nitrogens with zero attached hydrogens (tertiary/aromatic N) is 3. The molecule has 0 fully saturated rings. The van der Waals surface area contributed by atoms with Gasteiger partial charge in [-0.1, -0.05) is 18.2 Å². The first-order valence-electron chi connectivity index (χ1n) is 9.35. The van der Waals surface area contributed by atoms with E-state index in [2.05, 4.69) is 22.6 Å². The van der Waals surface area contributed by atoms with Gasteiger partial charge in [-0.25, -0.2) is 0 Å². The Labute approximate surface area is 162 Å². The van der Waals surface area contributed by atoms with Crippen LogP contribution in [0.1, 0.15) is 34.6 Å². The first kappa shape index (κ1) is 16.7. The molecule has 27 heavy (non-hydrogen) atoms. The summed E-state index contributed by atoms with van der Waals surface area (Å²) in [7, 11) is 0. The van der Waals surface area contributed by atoms with Gasteiger partial charge in [0, 0.05) is 29.5 Å². The SMILES string of the molecule is O=C(C[C@@H]1OCCc2ccsc21)N1C[C@@H](n2cccn2)Cc2ccccc21. The molecule has 138 valence electrons. The average molecular weight is 379 g/mol. The first-order valence-corrected chi connectivity index (χ1v) is 10.2. The average Bonchev–Trinajstić information content (AvgIpc) is 3.39. The molecule has 0 unspecified atom stereocenters. The van der Waals surface area contributed by atoms with Crippen molar-refractivity contribution in [2.24, 2.45) is 0 Å². The Kier molecular flexibility index (Phi) is 4.30. The van der Waals surface area contributed by atoms with Crippen LogP contribution in [0.15, 0.2) is 54.2 Å². The van der Waals surface area contributed by atoms with Crippen molar-refractivity contribution >= 4 is 22.9 Å². The van der Waals surface area contributed by atoms with Crippen LogP contribution in [-0.4, -0.2) is 28.8 Å². The summed E-state index contributed by atoms with van der Waals surface area (Å²) < 4.78 is 7.92. The number of thiophene rings is 1. The van der Waals surface area contributed by atoms with E-state index in [4.69, 9.17) is 4.74 Å². The number of hydrogen-bond acceptors (Lipinski definition) is 4. The van der Waals surface area contributed by atoms with Crippen molar-refractivity contribution in [3.8, 4) is 0 Å². The molecule has 3 aromatic rings. The molecule has 1 amide bonds. The molecule has 0 radical (unpaired) electrons. The lowest BCUT2D eigenvalue weighted by Gasteiger charge is -2.35. The molecule has 0 bridgehead atoms. The van der Waals surface area contributed by atoms with E-state index in [0.29, 0.717) is 19.6 Å². The van der Waals surface area contributed by atoms with Crippen LogP contribution in [0.5, 0.6) is 0 Å². The maximum atomic E-state index is 13.3. The van der Waals surface area contributed by atoms with Gasteiger partial charge in [0.05, 0.1) is 19.1 Å². The topological polar surface area (TPSA) is 47.4 Å². The number of carbonyl (C=O) groups excluding carboxylic acids is 1. The molecule has 0 saturated heterocycles. The molecule has 2 aliphatic rings. The van der Waals surface area contributed by atoms with Crippen molar-refractivity contribution in [1.82, 2.24) is 9.78 Å². The monoisotopic (exact) mass is 379 g/mol. The van der Waals surface area contributed by atoms with Gasteiger partial charge in [-0.2, -0.15) is 5.10 Å². The largest absolute Gasteiger partial charge is 0.372 e. The van der Waals surface area contributed by atoms with E-state index in [-0.39, 0.29) is 18.1 Å². The highest BCUT2D eigenvalue weighted by Gasteiger charge is 2.32. The zero-order valence-corrected chi connectivity index (χ0v) is 15.8. The fraction of sp³-hybridized carbons (Fsp3) is 0.333. The molecule has 4 heterocycles. The van der Waals surface area contributed by atoms with Gasteiger partial charge < -0.3 is 9.64 Å². The number of rotatable bonds is 3. The number of ether oxygens (including phenoxy) is 1. The molecule has 5 rings (SSSR count). The molecular weight excluding hydrogens is 358 g/mol. The molecular formula is C21H21N3O2S. The zero-order chi connectivity index (χ0) is 18.2. The summed E-state index contributed by atoms with van der Waals surface area (Å²) in [5.41, 5.74) is 3.55. The molecule has 6 heteroatoms. The van der Waals surface area contributed by atoms with Gasteiger partial charge in [-0.05, 0) is 47.5 Å². The lowest BCUT2D eigenvalue weighted by atomic mass is 9.97. The molecule has 2 aromatic heterocycles. The maximum absolute atomic E-state index is 13.3. The quantitative estimate of drug-likeness (QED) is 0.696. The molecule has 2 atom stereocenters. The molecule has 5 nitrogen and oxygen atoms in total. The van der Waals surface area contributed by atoms with E-state index in [1.54, 1.807) is 17.5 Å². The third-order valence-corrected chi connectivity index (χ3v) is 6.51. The van der Waals surface area contributed by atoms with E-state index in [9.17, 15) is 4.79 Å². The Balaban J connectivity index is 1.42. The Bertz CT molecular complexity index is 950. The highest BCUT2D eigenvalue weighted by Crippen LogP contribution is 2.37. The Hall–Kier alpha value is -2.44. The molecule has 0 spiro atoms. The predicted molar refractivity (Wildman–Crippen MR) is 105 cm³/mol. The lowest BCUT2D eigenvalue weighted by Crippen LogP contribution is -2.41. The summed E-state index contributed by atoms with van der Waals surface area (Å²) in [4.78, 5) is 16.4. The first-order chi connectivity index (χ1) is 13.3. The second kappa shape index (κ2) is 6.94. The van der Waals surface area contributed by atoms with Crippen LogP contribution in [0.3, 0.4) is 0 Å². The van der Waals surface area contributed by atoms with E-state index in [1.807, 2.05) is 40.0 Å². The number of hydrogen-bond donors (Lipinski definition) is 0. The maximum Gasteiger partial charge on any atom is 0.230 e. The number of benzene rings is 1. The standard InChI is InChI=1S/C21H21N3O2S/c25-20(13-19-21-15(6-10-26-19)7-11-27-21)23-14-17(24-9-3-8-22-24)12-16-4-1-2-5-18(16)23/h1-5,7-9,11,17,19H,6,10,12-14H2/t17-,19-/m0/s1. The highest BCUT2D eigenvalue weighted by molar-refractivity contribution is 7.10. The predicted octanol–water partition coefficient (Wildman–Crippen LogP) is 3.78. The zero-order valence-electron chi connectivity index (χ0n) is 15.0. The van der Waals surface area contributed by atoms with Crippen LogP contribution in [0.4, 0.5) is 5.69 Å². The second-order valence-electron chi connectivity index (χ2n) is 7.10. The van der Waals surface area contributed by atoms with Crippen LogP contribution in [-0.2, 0) is 22.4 Å². The number of amides is 1. The molecule has 0 N–H and O–H groups in total. The van der Waals surface area contributed by atoms with Gasteiger partial charge in [-0.15, -0.1) is 11.3 Å². The smallest absolute Gasteiger partial charge is 0.230 e. The van der Waals surface area contributed by atoms with Crippen molar-refractivity contribution in [3.63, 3.8) is 0 Å². The summed E-state index contributed by atoms with van der Waals surface area (Å²) in [6.45, 7) is 1.33. The van der Waals surface area contributed by atoms with Crippen molar-refractivity contribution in [3.05, 3.63) is 70.2 Å². The number of para-hydroxylation sites is 1. The van der Waals surface area contributed by atoms with Gasteiger partial charge in [0.2, 0.25) is 5.91 Å². The van der Waals surface area contributed by atoms with E-state index in [1.165, 1.54) is 16.0 Å². The van der Waals surface area contributed by atoms with Crippen molar-refractivity contribution < 1.29 is 9.53 Å². The summed E-state index contributed by atoms with van der Waals surface area (Å²) in [5.74, 6) is 0.116. The lowest BCUT2D eigenvalue weighted by molar-refractivity contribution is -0.122. The summed E-state index contributed by atoms with van der Waals surface area (Å²) in [6, 6.07) is 12.4. The second-order valence-corrected chi connectivity index (χ2v) is 8.05. The minimum absolute atomic E-state index is 0.116. The van der Waals surface area contributed by atoms with E-state index < -0.39 is 0 Å². The minimum Gasteiger partial charge on any atom is -0.372 e. The van der Waals surface area contributed by atoms with Crippen molar-refractivity contribution in [2.75, 3.05) is 18.1 Å². The van der Waals surface area contributed by atoms with Gasteiger partial charge in [0.1, 0.15) is 6.10 Å². The fourth-order valence-electron chi connectivity index (χ4n) is 4.13. The Morgan fingerprint density at radius 1 is 1.22 bits per heavy atom. The summed E-state index contributed by atoms with van der Waals surface area (Å²) in [6.07, 6.45) is 5.85. The third kappa shape index (κ3) is 3.09. The van der Waals surface area contributed by atoms with Crippen molar-refractivity contribution in [1.29, 1.82) is 0 Å². The minimum atomic E-state index is -0.126.